The second kappa shape index (κ2) is 12.4. The van der Waals surface area contributed by atoms with E-state index in [0.717, 1.165) is 56.1 Å². The molecule has 0 unspecified atom stereocenters. The van der Waals surface area contributed by atoms with Gasteiger partial charge in [0.15, 0.2) is 0 Å². The van der Waals surface area contributed by atoms with Gasteiger partial charge in [-0.15, -0.1) is 11.3 Å². The summed E-state index contributed by atoms with van der Waals surface area (Å²) < 4.78 is 8.80. The van der Waals surface area contributed by atoms with Gasteiger partial charge in [0.05, 0.1) is 21.8 Å². The van der Waals surface area contributed by atoms with Gasteiger partial charge in [0.1, 0.15) is 11.2 Å². The first-order valence-corrected chi connectivity index (χ1v) is 19.1. The molecule has 0 bridgehead atoms. The Balaban J connectivity index is 1.22. The average molecular weight is 709 g/mol. The van der Waals surface area contributed by atoms with Crippen molar-refractivity contribution >= 4 is 109 Å². The minimum absolute atomic E-state index is 0.884. The largest absolute Gasteiger partial charge is 0.456 e. The summed E-state index contributed by atoms with van der Waals surface area (Å²) in [5.41, 5.74) is 8.53. The summed E-state index contributed by atoms with van der Waals surface area (Å²) in [4.78, 5) is 4.85. The van der Waals surface area contributed by atoms with Gasteiger partial charge in [-0.3, -0.25) is 0 Å². The van der Waals surface area contributed by atoms with Gasteiger partial charge in [-0.2, -0.15) is 0 Å². The molecule has 0 saturated carbocycles. The quantitative estimate of drug-likeness (QED) is 0.160. The van der Waals surface area contributed by atoms with Gasteiger partial charge >= 0.3 is 0 Å². The van der Waals surface area contributed by atoms with Crippen molar-refractivity contribution in [3.8, 4) is 0 Å². The molecule has 0 aliphatic heterocycles. The van der Waals surface area contributed by atoms with Crippen LogP contribution in [-0.4, -0.2) is 0 Å². The Labute approximate surface area is 316 Å². The molecule has 0 radical (unpaired) electrons. The lowest BCUT2D eigenvalue weighted by molar-refractivity contribution is 0.669. The highest BCUT2D eigenvalue weighted by molar-refractivity contribution is 7.26. The van der Waals surface area contributed by atoms with Crippen LogP contribution in [-0.2, 0) is 0 Å². The molecule has 0 fully saturated rings. The first kappa shape index (κ1) is 30.7. The first-order valence-electron chi connectivity index (χ1n) is 18.3. The van der Waals surface area contributed by atoms with Crippen molar-refractivity contribution in [1.29, 1.82) is 0 Å². The van der Waals surface area contributed by atoms with E-state index in [9.17, 15) is 0 Å². The molecule has 11 rings (SSSR count). The third kappa shape index (κ3) is 4.81. The Kier molecular flexibility index (Phi) is 7.04. The SMILES string of the molecule is c1ccc(N(c2ccccc2)c2cccc3sc4c(N(c5ccc6oc7ccccc7c6c5)c5cc6ccccc6c6ccccc56)cccc4c23)cc1. The lowest BCUT2D eigenvalue weighted by Gasteiger charge is -2.28. The molecule has 9 aromatic carbocycles. The smallest absolute Gasteiger partial charge is 0.135 e. The third-order valence-electron chi connectivity index (χ3n) is 10.6. The van der Waals surface area contributed by atoms with Crippen molar-refractivity contribution in [1.82, 2.24) is 0 Å². The number of fused-ring (bicyclic) bond motifs is 9. The fourth-order valence-electron chi connectivity index (χ4n) is 8.24. The second-order valence-corrected chi connectivity index (χ2v) is 14.7. The lowest BCUT2D eigenvalue weighted by Crippen LogP contribution is -2.11. The number of benzene rings is 9. The van der Waals surface area contributed by atoms with Gasteiger partial charge in [0.25, 0.3) is 0 Å². The highest BCUT2D eigenvalue weighted by Gasteiger charge is 2.24. The molecule has 2 heterocycles. The van der Waals surface area contributed by atoms with Gasteiger partial charge in [-0.1, -0.05) is 121 Å². The van der Waals surface area contributed by atoms with E-state index in [1.54, 1.807) is 0 Å². The monoisotopic (exact) mass is 708 g/mol. The molecule has 4 heteroatoms. The van der Waals surface area contributed by atoms with Crippen LogP contribution in [0, 0.1) is 0 Å². The summed E-state index contributed by atoms with van der Waals surface area (Å²) in [7, 11) is 0. The molecule has 2 aromatic heterocycles. The molecule has 0 spiro atoms. The van der Waals surface area contributed by atoms with E-state index >= 15 is 0 Å². The van der Waals surface area contributed by atoms with Crippen LogP contribution in [0.4, 0.5) is 34.1 Å². The number of thiophene rings is 1. The predicted molar refractivity (Wildman–Crippen MR) is 231 cm³/mol. The Bertz CT molecular complexity index is 3140. The summed E-state index contributed by atoms with van der Waals surface area (Å²) in [6.45, 7) is 0. The van der Waals surface area contributed by atoms with E-state index in [1.165, 1.54) is 41.7 Å². The molecule has 0 atom stereocenters. The van der Waals surface area contributed by atoms with E-state index in [2.05, 4.69) is 192 Å². The van der Waals surface area contributed by atoms with Crippen molar-refractivity contribution in [2.75, 3.05) is 9.80 Å². The van der Waals surface area contributed by atoms with Gasteiger partial charge in [-0.05, 0) is 89.0 Å². The molecule has 54 heavy (non-hydrogen) atoms. The predicted octanol–water partition coefficient (Wildman–Crippen LogP) is 15.2. The fraction of sp³-hybridized carbons (Fsp3) is 0. The van der Waals surface area contributed by atoms with E-state index in [0.29, 0.717) is 0 Å². The van der Waals surface area contributed by atoms with Crippen LogP contribution in [0.15, 0.2) is 199 Å². The van der Waals surface area contributed by atoms with Crippen LogP contribution in [0.1, 0.15) is 0 Å². The summed E-state index contributed by atoms with van der Waals surface area (Å²) in [6.07, 6.45) is 0. The molecule has 254 valence electrons. The minimum Gasteiger partial charge on any atom is -0.456 e. The van der Waals surface area contributed by atoms with E-state index in [1.807, 2.05) is 23.5 Å². The first-order chi connectivity index (χ1) is 26.8. The topological polar surface area (TPSA) is 19.6 Å². The molecular weight excluding hydrogens is 677 g/mol. The third-order valence-corrected chi connectivity index (χ3v) is 11.8. The number of hydrogen-bond acceptors (Lipinski definition) is 4. The summed E-state index contributed by atoms with van der Waals surface area (Å²) >= 11 is 1.86. The van der Waals surface area contributed by atoms with Crippen molar-refractivity contribution in [3.05, 3.63) is 194 Å². The number of furan rings is 1. The maximum absolute atomic E-state index is 6.32. The van der Waals surface area contributed by atoms with E-state index < -0.39 is 0 Å². The van der Waals surface area contributed by atoms with Gasteiger partial charge in [0.2, 0.25) is 0 Å². The van der Waals surface area contributed by atoms with Gasteiger partial charge < -0.3 is 14.2 Å². The van der Waals surface area contributed by atoms with Crippen LogP contribution in [0.3, 0.4) is 0 Å². The van der Waals surface area contributed by atoms with Crippen LogP contribution in [0.5, 0.6) is 0 Å². The highest BCUT2D eigenvalue weighted by Crippen LogP contribution is 2.51. The number of para-hydroxylation sites is 3. The van der Waals surface area contributed by atoms with E-state index in [-0.39, 0.29) is 0 Å². The van der Waals surface area contributed by atoms with Crippen molar-refractivity contribution in [3.63, 3.8) is 0 Å². The second-order valence-electron chi connectivity index (χ2n) is 13.7. The fourth-order valence-corrected chi connectivity index (χ4v) is 9.47. The summed E-state index contributed by atoms with van der Waals surface area (Å²) in [5, 5.41) is 9.58. The maximum atomic E-state index is 6.32. The Hall–Kier alpha value is -6.88. The lowest BCUT2D eigenvalue weighted by atomic mass is 9.98. The van der Waals surface area contributed by atoms with Crippen molar-refractivity contribution in [2.45, 2.75) is 0 Å². The molecule has 0 amide bonds. The molecular formula is C50H32N2OS. The molecule has 0 aliphatic carbocycles. The van der Waals surface area contributed by atoms with Gasteiger partial charge in [-0.25, -0.2) is 0 Å². The molecule has 0 aliphatic rings. The minimum atomic E-state index is 0.884. The van der Waals surface area contributed by atoms with Crippen LogP contribution in [0.2, 0.25) is 0 Å². The number of nitrogens with zero attached hydrogens (tertiary/aromatic N) is 2. The zero-order valence-corrected chi connectivity index (χ0v) is 30.0. The van der Waals surface area contributed by atoms with Crippen molar-refractivity contribution in [2.24, 2.45) is 0 Å². The van der Waals surface area contributed by atoms with Crippen LogP contribution in [0.25, 0.3) is 63.7 Å². The van der Waals surface area contributed by atoms with Crippen LogP contribution >= 0.6 is 11.3 Å². The Morgan fingerprint density at radius 3 is 1.76 bits per heavy atom. The molecule has 0 N–H and O–H groups in total. The molecule has 11 aromatic rings. The zero-order chi connectivity index (χ0) is 35.6. The Morgan fingerprint density at radius 2 is 0.963 bits per heavy atom. The molecule has 0 saturated heterocycles. The van der Waals surface area contributed by atoms with E-state index in [4.69, 9.17) is 4.42 Å². The normalized spacial score (nSPS) is 11.7. The number of anilines is 6. The standard InChI is InChI=1S/C50H32N2OS/c1-3-16-34(17-4-1)51(35-18-5-2-6-19-35)43-25-14-28-48-49(43)41-24-13-26-44(50(41)54-48)52(36-29-30-47-42(32-36)40-23-11-12-27-46(40)53-47)45-31-33-15-7-8-20-37(33)38-21-9-10-22-39(38)45/h1-32H. The number of hydrogen-bond donors (Lipinski definition) is 0. The highest BCUT2D eigenvalue weighted by atomic mass is 32.1. The van der Waals surface area contributed by atoms with Gasteiger partial charge in [0, 0.05) is 48.7 Å². The average Bonchev–Trinajstić information content (AvgIpc) is 3.81. The van der Waals surface area contributed by atoms with Crippen LogP contribution < -0.4 is 9.80 Å². The number of rotatable bonds is 6. The molecule has 3 nitrogen and oxygen atoms in total. The summed E-state index contributed by atoms with van der Waals surface area (Å²) in [5.74, 6) is 0. The maximum Gasteiger partial charge on any atom is 0.135 e. The Morgan fingerprint density at radius 1 is 0.352 bits per heavy atom. The summed E-state index contributed by atoms with van der Waals surface area (Å²) in [6, 6.07) is 69.7. The zero-order valence-electron chi connectivity index (χ0n) is 29.2. The van der Waals surface area contributed by atoms with Crippen molar-refractivity contribution < 1.29 is 4.42 Å².